The average Bonchev–Trinajstić information content (AvgIpc) is 2.95. The minimum Gasteiger partial charge on any atom is -0.361 e. The number of aromatic nitrogens is 3. The summed E-state index contributed by atoms with van der Waals surface area (Å²) >= 11 is 6.17. The number of alkyl halides is 1. The maximum absolute atomic E-state index is 13.5. The molecule has 0 aliphatic carbocycles. The summed E-state index contributed by atoms with van der Waals surface area (Å²) in [7, 11) is 0. The van der Waals surface area contributed by atoms with E-state index in [-0.39, 0.29) is 11.2 Å². The molecule has 0 saturated heterocycles. The Hall–Kier alpha value is -1.88. The van der Waals surface area contributed by atoms with Crippen LogP contribution in [0.1, 0.15) is 29.6 Å². The van der Waals surface area contributed by atoms with Crippen LogP contribution >= 0.6 is 11.6 Å². The number of halogens is 2. The smallest absolute Gasteiger partial charge is 0.133 e. The van der Waals surface area contributed by atoms with Crippen LogP contribution in [0.4, 0.5) is 4.39 Å². The van der Waals surface area contributed by atoms with Crippen molar-refractivity contribution in [3.63, 3.8) is 0 Å². The number of hydrogen-bond donors (Lipinski definition) is 0. The van der Waals surface area contributed by atoms with Crippen LogP contribution in [0.5, 0.6) is 0 Å². The van der Waals surface area contributed by atoms with Crippen LogP contribution in [-0.2, 0) is 6.54 Å². The SMILES string of the molecule is Cc1cc(Cn2c(C(C)Cl)nc3ccc(F)cc32)no1. The van der Waals surface area contributed by atoms with Crippen LogP contribution in [0.2, 0.25) is 0 Å². The molecule has 2 aromatic heterocycles. The lowest BCUT2D eigenvalue weighted by molar-refractivity contribution is 0.389. The minimum atomic E-state index is -0.302. The van der Waals surface area contributed by atoms with Gasteiger partial charge in [0.1, 0.15) is 23.1 Å². The highest BCUT2D eigenvalue weighted by Crippen LogP contribution is 2.26. The number of benzene rings is 1. The summed E-state index contributed by atoms with van der Waals surface area (Å²) in [6, 6.07) is 6.34. The molecule has 0 bridgehead atoms. The van der Waals surface area contributed by atoms with Crippen LogP contribution in [0.15, 0.2) is 28.8 Å². The van der Waals surface area contributed by atoms with Gasteiger partial charge in [-0.2, -0.15) is 0 Å². The Bertz CT molecular complexity index is 763. The zero-order valence-electron chi connectivity index (χ0n) is 11.1. The molecule has 1 aromatic carbocycles. The van der Waals surface area contributed by atoms with E-state index in [1.54, 1.807) is 6.07 Å². The van der Waals surface area contributed by atoms with Gasteiger partial charge in [0.25, 0.3) is 0 Å². The van der Waals surface area contributed by atoms with Gasteiger partial charge in [-0.1, -0.05) is 5.16 Å². The molecule has 3 rings (SSSR count). The second kappa shape index (κ2) is 4.90. The topological polar surface area (TPSA) is 43.9 Å². The van der Waals surface area contributed by atoms with Gasteiger partial charge in [0.15, 0.2) is 0 Å². The number of aryl methyl sites for hydroxylation is 1. The lowest BCUT2D eigenvalue weighted by Crippen LogP contribution is -2.06. The largest absolute Gasteiger partial charge is 0.361 e. The predicted molar refractivity (Wildman–Crippen MR) is 74.3 cm³/mol. The molecule has 20 heavy (non-hydrogen) atoms. The molecule has 0 fully saturated rings. The normalized spacial score (nSPS) is 13.0. The first-order valence-corrected chi connectivity index (χ1v) is 6.70. The van der Waals surface area contributed by atoms with Crippen LogP contribution in [0.3, 0.4) is 0 Å². The minimum absolute atomic E-state index is 0.279. The fraction of sp³-hybridized carbons (Fsp3) is 0.286. The molecule has 4 nitrogen and oxygen atoms in total. The summed E-state index contributed by atoms with van der Waals surface area (Å²) < 4.78 is 20.4. The van der Waals surface area contributed by atoms with Crippen molar-refractivity contribution in [3.8, 4) is 0 Å². The Morgan fingerprint density at radius 2 is 2.20 bits per heavy atom. The van der Waals surface area contributed by atoms with E-state index in [2.05, 4.69) is 10.1 Å². The third kappa shape index (κ3) is 2.29. The van der Waals surface area contributed by atoms with Crippen molar-refractivity contribution >= 4 is 22.6 Å². The number of fused-ring (bicyclic) bond motifs is 1. The zero-order chi connectivity index (χ0) is 14.3. The van der Waals surface area contributed by atoms with Crippen molar-refractivity contribution < 1.29 is 8.91 Å². The van der Waals surface area contributed by atoms with Gasteiger partial charge in [0, 0.05) is 6.07 Å². The summed E-state index contributed by atoms with van der Waals surface area (Å²) in [4.78, 5) is 4.46. The Kier molecular flexibility index (Phi) is 3.22. The van der Waals surface area contributed by atoms with Gasteiger partial charge in [0.2, 0.25) is 0 Å². The third-order valence-electron chi connectivity index (χ3n) is 3.09. The maximum Gasteiger partial charge on any atom is 0.133 e. The van der Waals surface area contributed by atoms with E-state index in [1.165, 1.54) is 12.1 Å². The molecule has 3 aromatic rings. The van der Waals surface area contributed by atoms with Crippen LogP contribution in [0.25, 0.3) is 11.0 Å². The first-order valence-electron chi connectivity index (χ1n) is 6.26. The van der Waals surface area contributed by atoms with E-state index in [4.69, 9.17) is 16.1 Å². The van der Waals surface area contributed by atoms with Crippen molar-refractivity contribution in [1.29, 1.82) is 0 Å². The molecule has 0 radical (unpaired) electrons. The molecule has 6 heteroatoms. The van der Waals surface area contributed by atoms with Crippen molar-refractivity contribution in [3.05, 3.63) is 47.4 Å². The van der Waals surface area contributed by atoms with Crippen molar-refractivity contribution in [1.82, 2.24) is 14.7 Å². The van der Waals surface area contributed by atoms with E-state index in [0.717, 1.165) is 11.5 Å². The van der Waals surface area contributed by atoms with Gasteiger partial charge in [-0.3, -0.25) is 0 Å². The standard InChI is InChI=1S/C14H13ClFN3O/c1-8-5-11(18-20-8)7-19-13-6-10(16)3-4-12(13)17-14(19)9(2)15/h3-6,9H,7H2,1-2H3. The van der Waals surface area contributed by atoms with Gasteiger partial charge in [-0.05, 0) is 32.0 Å². The molecule has 104 valence electrons. The summed E-state index contributed by atoms with van der Waals surface area (Å²) in [5, 5.41) is 3.68. The lowest BCUT2D eigenvalue weighted by Gasteiger charge is -2.08. The Balaban J connectivity index is 2.15. The Labute approximate surface area is 120 Å². The van der Waals surface area contributed by atoms with Crippen LogP contribution < -0.4 is 0 Å². The van der Waals surface area contributed by atoms with Crippen molar-refractivity contribution in [2.75, 3.05) is 0 Å². The summed E-state index contributed by atoms with van der Waals surface area (Å²) in [5.41, 5.74) is 2.17. The summed E-state index contributed by atoms with van der Waals surface area (Å²) in [6.07, 6.45) is 0. The molecule has 0 N–H and O–H groups in total. The van der Waals surface area contributed by atoms with E-state index >= 15 is 0 Å². The first kappa shape index (κ1) is 13.1. The van der Waals surface area contributed by atoms with E-state index < -0.39 is 0 Å². The van der Waals surface area contributed by atoms with Gasteiger partial charge in [0.05, 0.1) is 23.0 Å². The molecular weight excluding hydrogens is 281 g/mol. The van der Waals surface area contributed by atoms with E-state index in [1.807, 2.05) is 24.5 Å². The molecule has 0 aliphatic rings. The number of imidazole rings is 1. The highest BCUT2D eigenvalue weighted by atomic mass is 35.5. The molecule has 0 amide bonds. The molecule has 1 unspecified atom stereocenters. The number of hydrogen-bond acceptors (Lipinski definition) is 3. The molecular formula is C14H13ClFN3O. The quantitative estimate of drug-likeness (QED) is 0.690. The average molecular weight is 294 g/mol. The fourth-order valence-corrected chi connectivity index (χ4v) is 2.41. The number of nitrogens with zero attached hydrogens (tertiary/aromatic N) is 3. The Morgan fingerprint density at radius 1 is 1.40 bits per heavy atom. The monoisotopic (exact) mass is 293 g/mol. The van der Waals surface area contributed by atoms with Crippen LogP contribution in [0, 0.1) is 12.7 Å². The Morgan fingerprint density at radius 3 is 2.85 bits per heavy atom. The van der Waals surface area contributed by atoms with Gasteiger partial charge >= 0.3 is 0 Å². The molecule has 0 saturated carbocycles. The fourth-order valence-electron chi connectivity index (χ4n) is 2.24. The third-order valence-corrected chi connectivity index (χ3v) is 3.29. The summed E-state index contributed by atoms with van der Waals surface area (Å²) in [6.45, 7) is 4.11. The molecule has 0 spiro atoms. The van der Waals surface area contributed by atoms with E-state index in [0.29, 0.717) is 23.4 Å². The highest BCUT2D eigenvalue weighted by Gasteiger charge is 2.16. The van der Waals surface area contributed by atoms with E-state index in [9.17, 15) is 4.39 Å². The predicted octanol–water partition coefficient (Wildman–Crippen LogP) is 3.82. The first-order chi connectivity index (χ1) is 9.54. The van der Waals surface area contributed by atoms with Crippen molar-refractivity contribution in [2.45, 2.75) is 25.8 Å². The number of rotatable bonds is 3. The van der Waals surface area contributed by atoms with Crippen molar-refractivity contribution in [2.24, 2.45) is 0 Å². The van der Waals surface area contributed by atoms with Gasteiger partial charge in [-0.25, -0.2) is 9.37 Å². The van der Waals surface area contributed by atoms with Gasteiger partial charge in [-0.15, -0.1) is 11.6 Å². The zero-order valence-corrected chi connectivity index (χ0v) is 11.9. The summed E-state index contributed by atoms with van der Waals surface area (Å²) in [5.74, 6) is 1.12. The molecule has 2 heterocycles. The lowest BCUT2D eigenvalue weighted by atomic mass is 10.3. The molecule has 1 atom stereocenters. The second-order valence-electron chi connectivity index (χ2n) is 4.73. The van der Waals surface area contributed by atoms with Crippen LogP contribution in [-0.4, -0.2) is 14.7 Å². The second-order valence-corrected chi connectivity index (χ2v) is 5.39. The highest BCUT2D eigenvalue weighted by molar-refractivity contribution is 6.20. The van der Waals surface area contributed by atoms with Gasteiger partial charge < -0.3 is 9.09 Å². The maximum atomic E-state index is 13.5. The molecule has 0 aliphatic heterocycles.